The maximum atomic E-state index is 5.76. The molecule has 1 atom stereocenters. The van der Waals surface area contributed by atoms with Gasteiger partial charge in [0.25, 0.3) is 0 Å². The van der Waals surface area contributed by atoms with Crippen molar-refractivity contribution < 1.29 is 4.74 Å². The summed E-state index contributed by atoms with van der Waals surface area (Å²) in [5.41, 5.74) is 8.50. The second kappa shape index (κ2) is 4.59. The van der Waals surface area contributed by atoms with E-state index in [9.17, 15) is 0 Å². The Labute approximate surface area is 106 Å². The van der Waals surface area contributed by atoms with Crippen molar-refractivity contribution in [1.82, 2.24) is 14.9 Å². The van der Waals surface area contributed by atoms with E-state index in [1.165, 1.54) is 0 Å². The van der Waals surface area contributed by atoms with Gasteiger partial charge in [-0.15, -0.1) is 0 Å². The van der Waals surface area contributed by atoms with Crippen LogP contribution in [0.4, 0.5) is 5.69 Å². The van der Waals surface area contributed by atoms with Gasteiger partial charge in [-0.25, -0.2) is 4.98 Å². The third-order valence-electron chi connectivity index (χ3n) is 3.25. The summed E-state index contributed by atoms with van der Waals surface area (Å²) >= 11 is 0. The number of nitrogens with two attached hydrogens (primary N) is 1. The Bertz CT molecular complexity index is 551. The number of benzene rings is 1. The number of morpholine rings is 1. The number of H-pyrrole nitrogens is 1. The predicted octanol–water partition coefficient (Wildman–Crippen LogP) is 1.37. The zero-order valence-electron chi connectivity index (χ0n) is 10.5. The van der Waals surface area contributed by atoms with Gasteiger partial charge in [0.15, 0.2) is 0 Å². The Morgan fingerprint density at radius 3 is 3.28 bits per heavy atom. The zero-order valence-corrected chi connectivity index (χ0v) is 10.5. The van der Waals surface area contributed by atoms with Crippen LogP contribution in [0.25, 0.3) is 11.0 Å². The first-order valence-corrected chi connectivity index (χ1v) is 6.29. The molecule has 0 aliphatic carbocycles. The first kappa shape index (κ1) is 11.5. The minimum Gasteiger partial charge on any atom is -0.399 e. The Kier molecular flexibility index (Phi) is 2.93. The molecule has 0 radical (unpaired) electrons. The van der Waals surface area contributed by atoms with Crippen molar-refractivity contribution in [2.45, 2.75) is 19.6 Å². The highest BCUT2D eigenvalue weighted by molar-refractivity contribution is 5.78. The van der Waals surface area contributed by atoms with Crippen LogP contribution in [0.5, 0.6) is 0 Å². The SMILES string of the molecule is CC1CN(Cc2nc3ccc(N)cc3[nH]2)CCO1. The summed E-state index contributed by atoms with van der Waals surface area (Å²) in [5.74, 6) is 0.990. The topological polar surface area (TPSA) is 67.2 Å². The number of nitrogens with zero attached hydrogens (tertiary/aromatic N) is 2. The minimum atomic E-state index is 0.304. The predicted molar refractivity (Wildman–Crippen MR) is 71.2 cm³/mol. The summed E-state index contributed by atoms with van der Waals surface area (Å²) < 4.78 is 5.53. The molecule has 0 saturated carbocycles. The third-order valence-corrected chi connectivity index (χ3v) is 3.25. The number of anilines is 1. The lowest BCUT2D eigenvalue weighted by Crippen LogP contribution is -2.40. The van der Waals surface area contributed by atoms with Crippen LogP contribution in [-0.2, 0) is 11.3 Å². The maximum Gasteiger partial charge on any atom is 0.121 e. The summed E-state index contributed by atoms with van der Waals surface area (Å²) in [7, 11) is 0. The summed E-state index contributed by atoms with van der Waals surface area (Å²) in [6.07, 6.45) is 0.304. The molecule has 1 saturated heterocycles. The Morgan fingerprint density at radius 1 is 1.56 bits per heavy atom. The van der Waals surface area contributed by atoms with Crippen molar-refractivity contribution in [3.8, 4) is 0 Å². The van der Waals surface area contributed by atoms with E-state index in [1.54, 1.807) is 0 Å². The van der Waals surface area contributed by atoms with Crippen LogP contribution >= 0.6 is 0 Å². The van der Waals surface area contributed by atoms with Crippen molar-refractivity contribution in [2.75, 3.05) is 25.4 Å². The number of fused-ring (bicyclic) bond motifs is 1. The molecule has 1 aromatic heterocycles. The van der Waals surface area contributed by atoms with E-state index in [0.29, 0.717) is 6.10 Å². The van der Waals surface area contributed by atoms with E-state index in [-0.39, 0.29) is 0 Å². The lowest BCUT2D eigenvalue weighted by Gasteiger charge is -2.30. The molecule has 5 heteroatoms. The highest BCUT2D eigenvalue weighted by atomic mass is 16.5. The molecule has 1 unspecified atom stereocenters. The lowest BCUT2D eigenvalue weighted by molar-refractivity contribution is -0.0219. The molecular weight excluding hydrogens is 228 g/mol. The number of aromatic nitrogens is 2. The van der Waals surface area contributed by atoms with Gasteiger partial charge >= 0.3 is 0 Å². The van der Waals surface area contributed by atoms with Crippen LogP contribution < -0.4 is 5.73 Å². The molecule has 5 nitrogen and oxygen atoms in total. The van der Waals surface area contributed by atoms with E-state index in [1.807, 2.05) is 18.2 Å². The molecule has 1 aliphatic heterocycles. The summed E-state index contributed by atoms with van der Waals surface area (Å²) in [5, 5.41) is 0. The van der Waals surface area contributed by atoms with E-state index in [4.69, 9.17) is 10.5 Å². The third kappa shape index (κ3) is 2.32. The molecule has 0 spiro atoms. The van der Waals surface area contributed by atoms with Crippen LogP contribution in [0.1, 0.15) is 12.7 Å². The van der Waals surface area contributed by atoms with Gasteiger partial charge in [-0.3, -0.25) is 4.90 Å². The molecule has 96 valence electrons. The van der Waals surface area contributed by atoms with Crippen molar-refractivity contribution in [3.05, 3.63) is 24.0 Å². The molecular formula is C13H18N4O. The van der Waals surface area contributed by atoms with Gasteiger partial charge in [0.2, 0.25) is 0 Å². The Balaban J connectivity index is 1.78. The summed E-state index contributed by atoms with van der Waals surface area (Å²) in [6.45, 7) is 5.66. The molecule has 2 heterocycles. The summed E-state index contributed by atoms with van der Waals surface area (Å²) in [4.78, 5) is 10.3. The summed E-state index contributed by atoms with van der Waals surface area (Å²) in [6, 6.07) is 5.75. The number of aromatic amines is 1. The lowest BCUT2D eigenvalue weighted by atomic mass is 10.3. The van der Waals surface area contributed by atoms with Crippen LogP contribution in [-0.4, -0.2) is 40.7 Å². The van der Waals surface area contributed by atoms with E-state index in [2.05, 4.69) is 21.8 Å². The van der Waals surface area contributed by atoms with Gasteiger partial charge in [-0.2, -0.15) is 0 Å². The number of imidazole rings is 1. The normalized spacial score (nSPS) is 21.5. The Hall–Kier alpha value is -1.59. The number of hydrogen-bond acceptors (Lipinski definition) is 4. The number of rotatable bonds is 2. The molecule has 1 fully saturated rings. The van der Waals surface area contributed by atoms with Gasteiger partial charge in [-0.05, 0) is 25.1 Å². The smallest absolute Gasteiger partial charge is 0.121 e. The van der Waals surface area contributed by atoms with Crippen molar-refractivity contribution in [1.29, 1.82) is 0 Å². The fraction of sp³-hybridized carbons (Fsp3) is 0.462. The van der Waals surface area contributed by atoms with Crippen molar-refractivity contribution in [2.24, 2.45) is 0 Å². The largest absolute Gasteiger partial charge is 0.399 e. The van der Waals surface area contributed by atoms with Crippen molar-refractivity contribution >= 4 is 16.7 Å². The van der Waals surface area contributed by atoms with E-state index in [0.717, 1.165) is 48.8 Å². The van der Waals surface area contributed by atoms with Crippen molar-refractivity contribution in [3.63, 3.8) is 0 Å². The van der Waals surface area contributed by atoms with Crippen LogP contribution in [0.2, 0.25) is 0 Å². The Morgan fingerprint density at radius 2 is 2.44 bits per heavy atom. The second-order valence-corrected chi connectivity index (χ2v) is 4.88. The second-order valence-electron chi connectivity index (χ2n) is 4.88. The molecule has 0 amide bonds. The first-order chi connectivity index (χ1) is 8.70. The van der Waals surface area contributed by atoms with Gasteiger partial charge < -0.3 is 15.5 Å². The van der Waals surface area contributed by atoms with E-state index < -0.39 is 0 Å². The quantitative estimate of drug-likeness (QED) is 0.785. The highest BCUT2D eigenvalue weighted by Crippen LogP contribution is 2.16. The molecule has 3 N–H and O–H groups in total. The monoisotopic (exact) mass is 246 g/mol. The number of nitrogens with one attached hydrogen (secondary N) is 1. The molecule has 1 aromatic carbocycles. The standard InChI is InChI=1S/C13H18N4O/c1-9-7-17(4-5-18-9)8-13-15-11-3-2-10(14)6-12(11)16-13/h2-3,6,9H,4-5,7-8,14H2,1H3,(H,15,16). The van der Waals surface area contributed by atoms with E-state index >= 15 is 0 Å². The molecule has 2 aromatic rings. The number of ether oxygens (including phenoxy) is 1. The molecule has 0 bridgehead atoms. The molecule has 18 heavy (non-hydrogen) atoms. The maximum absolute atomic E-state index is 5.76. The van der Waals surface area contributed by atoms with Gasteiger partial charge in [0, 0.05) is 18.8 Å². The average Bonchev–Trinajstić information content (AvgIpc) is 2.70. The van der Waals surface area contributed by atoms with Crippen LogP contribution in [0.3, 0.4) is 0 Å². The molecule has 3 rings (SSSR count). The zero-order chi connectivity index (χ0) is 12.5. The first-order valence-electron chi connectivity index (χ1n) is 6.29. The number of nitrogen functional groups attached to an aromatic ring is 1. The molecule has 1 aliphatic rings. The van der Waals surface area contributed by atoms with Gasteiger partial charge in [0.1, 0.15) is 5.82 Å². The minimum absolute atomic E-state index is 0.304. The average molecular weight is 246 g/mol. The fourth-order valence-electron chi connectivity index (χ4n) is 2.40. The highest BCUT2D eigenvalue weighted by Gasteiger charge is 2.17. The van der Waals surface area contributed by atoms with Gasteiger partial charge in [0.05, 0.1) is 30.3 Å². The van der Waals surface area contributed by atoms with Gasteiger partial charge in [-0.1, -0.05) is 0 Å². The van der Waals surface area contributed by atoms with Crippen LogP contribution in [0.15, 0.2) is 18.2 Å². The fourth-order valence-corrected chi connectivity index (χ4v) is 2.40. The number of hydrogen-bond donors (Lipinski definition) is 2. The van der Waals surface area contributed by atoms with Crippen LogP contribution in [0, 0.1) is 0 Å².